The predicted octanol–water partition coefficient (Wildman–Crippen LogP) is 3.58. The van der Waals surface area contributed by atoms with Gasteiger partial charge < -0.3 is 9.42 Å². The van der Waals surface area contributed by atoms with E-state index in [9.17, 15) is 18.0 Å². The SMILES string of the molecule is Cc1noc2nc(C3CC3)cc(C(=O)N(CC(F)(F)F)C3CC3)c12. The normalized spacial score (nSPS) is 18.2. The van der Waals surface area contributed by atoms with Gasteiger partial charge in [0.1, 0.15) is 6.54 Å². The number of alkyl halides is 3. The van der Waals surface area contributed by atoms with Crippen LogP contribution in [0.2, 0.25) is 0 Å². The average Bonchev–Trinajstić information content (AvgIpc) is 3.41. The molecule has 0 aromatic carbocycles. The average molecular weight is 339 g/mol. The molecule has 4 rings (SSSR count). The molecule has 2 aromatic heterocycles. The third-order valence-corrected chi connectivity index (χ3v) is 4.46. The minimum absolute atomic E-state index is 0.219. The fourth-order valence-electron chi connectivity index (χ4n) is 2.97. The Morgan fingerprint density at radius 1 is 1.33 bits per heavy atom. The number of nitrogens with zero attached hydrogens (tertiary/aromatic N) is 3. The molecule has 128 valence electrons. The molecule has 2 heterocycles. The molecule has 0 aliphatic heterocycles. The minimum Gasteiger partial charge on any atom is -0.336 e. The van der Waals surface area contributed by atoms with E-state index < -0.39 is 18.6 Å². The van der Waals surface area contributed by atoms with Gasteiger partial charge in [-0.2, -0.15) is 13.2 Å². The highest BCUT2D eigenvalue weighted by Crippen LogP contribution is 2.41. The zero-order valence-corrected chi connectivity index (χ0v) is 13.1. The van der Waals surface area contributed by atoms with Gasteiger partial charge in [-0.1, -0.05) is 5.16 Å². The van der Waals surface area contributed by atoms with Crippen molar-refractivity contribution < 1.29 is 22.5 Å². The topological polar surface area (TPSA) is 59.2 Å². The molecule has 0 bridgehead atoms. The first-order valence-corrected chi connectivity index (χ1v) is 7.98. The molecule has 2 fully saturated rings. The summed E-state index contributed by atoms with van der Waals surface area (Å²) in [5.74, 6) is -0.362. The third kappa shape index (κ3) is 2.85. The van der Waals surface area contributed by atoms with Gasteiger partial charge in [0.15, 0.2) is 0 Å². The van der Waals surface area contributed by atoms with Crippen LogP contribution in [-0.2, 0) is 0 Å². The van der Waals surface area contributed by atoms with Crippen LogP contribution >= 0.6 is 0 Å². The van der Waals surface area contributed by atoms with Crippen LogP contribution in [0.3, 0.4) is 0 Å². The maximum Gasteiger partial charge on any atom is 0.406 e. The summed E-state index contributed by atoms with van der Waals surface area (Å²) in [6.45, 7) is 0.426. The second kappa shape index (κ2) is 5.19. The van der Waals surface area contributed by atoms with Gasteiger partial charge in [-0.05, 0) is 38.7 Å². The van der Waals surface area contributed by atoms with E-state index in [4.69, 9.17) is 4.52 Å². The minimum atomic E-state index is -4.42. The first-order chi connectivity index (χ1) is 11.3. The monoisotopic (exact) mass is 339 g/mol. The molecule has 2 saturated carbocycles. The van der Waals surface area contributed by atoms with E-state index in [1.807, 2.05) is 0 Å². The number of hydrogen-bond acceptors (Lipinski definition) is 4. The Hall–Kier alpha value is -2.12. The van der Waals surface area contributed by atoms with Gasteiger partial charge in [0.25, 0.3) is 11.6 Å². The third-order valence-electron chi connectivity index (χ3n) is 4.46. The Bertz CT molecular complexity index is 807. The van der Waals surface area contributed by atoms with Crippen LogP contribution in [0.1, 0.15) is 53.3 Å². The molecule has 0 N–H and O–H groups in total. The molecule has 5 nitrogen and oxygen atoms in total. The number of carbonyl (C=O) groups excluding carboxylic acids is 1. The number of pyridine rings is 1. The van der Waals surface area contributed by atoms with Gasteiger partial charge in [0.2, 0.25) is 0 Å². The van der Waals surface area contributed by atoms with Gasteiger partial charge in [-0.25, -0.2) is 4.98 Å². The van der Waals surface area contributed by atoms with Crippen molar-refractivity contribution in [2.75, 3.05) is 6.54 Å². The quantitative estimate of drug-likeness (QED) is 0.854. The summed E-state index contributed by atoms with van der Waals surface area (Å²) in [4.78, 5) is 18.2. The molecule has 0 saturated heterocycles. The highest BCUT2D eigenvalue weighted by molar-refractivity contribution is 6.06. The fourth-order valence-corrected chi connectivity index (χ4v) is 2.97. The van der Waals surface area contributed by atoms with Crippen LogP contribution in [0.5, 0.6) is 0 Å². The van der Waals surface area contributed by atoms with Gasteiger partial charge in [-0.3, -0.25) is 4.79 Å². The molecule has 0 atom stereocenters. The maximum atomic E-state index is 12.9. The molecule has 8 heteroatoms. The molecule has 0 radical (unpaired) electrons. The van der Waals surface area contributed by atoms with Crippen molar-refractivity contribution >= 4 is 17.0 Å². The van der Waals surface area contributed by atoms with Gasteiger partial charge in [0, 0.05) is 17.7 Å². The predicted molar refractivity (Wildman–Crippen MR) is 78.6 cm³/mol. The standard InChI is InChI=1S/C16H16F3N3O2/c1-8-13-11(6-12(9-2-3-9)20-14(13)24-21-8)15(23)22(10-4-5-10)7-16(17,18)19/h6,9-10H,2-5,7H2,1H3. The van der Waals surface area contributed by atoms with Crippen molar-refractivity contribution in [2.45, 2.75) is 50.7 Å². The maximum absolute atomic E-state index is 12.9. The first-order valence-electron chi connectivity index (χ1n) is 7.98. The summed E-state index contributed by atoms with van der Waals surface area (Å²) in [5, 5.41) is 4.24. The van der Waals surface area contributed by atoms with Crippen molar-refractivity contribution in [1.29, 1.82) is 0 Å². The van der Waals surface area contributed by atoms with Gasteiger partial charge in [-0.15, -0.1) is 0 Å². The van der Waals surface area contributed by atoms with Crippen molar-refractivity contribution in [1.82, 2.24) is 15.0 Å². The molecule has 1 amide bonds. The van der Waals surface area contributed by atoms with Crippen molar-refractivity contribution in [3.63, 3.8) is 0 Å². The number of aryl methyl sites for hydroxylation is 1. The molecule has 0 unspecified atom stereocenters. The number of hydrogen-bond donors (Lipinski definition) is 0. The van der Waals surface area contributed by atoms with E-state index in [2.05, 4.69) is 10.1 Å². The Balaban J connectivity index is 1.78. The van der Waals surface area contributed by atoms with E-state index in [0.717, 1.165) is 17.7 Å². The highest BCUT2D eigenvalue weighted by Gasteiger charge is 2.42. The van der Waals surface area contributed by atoms with E-state index in [-0.39, 0.29) is 23.2 Å². The van der Waals surface area contributed by atoms with Crippen LogP contribution in [0.4, 0.5) is 13.2 Å². The van der Waals surface area contributed by atoms with E-state index in [1.54, 1.807) is 13.0 Å². The molecule has 2 aromatic rings. The van der Waals surface area contributed by atoms with Gasteiger partial charge in [0.05, 0.1) is 16.6 Å². The van der Waals surface area contributed by atoms with E-state index >= 15 is 0 Å². The fraction of sp³-hybridized carbons (Fsp3) is 0.562. The Morgan fingerprint density at radius 3 is 2.62 bits per heavy atom. The van der Waals surface area contributed by atoms with E-state index in [0.29, 0.717) is 29.6 Å². The molecular formula is C16H16F3N3O2. The van der Waals surface area contributed by atoms with Crippen molar-refractivity contribution in [2.24, 2.45) is 0 Å². The summed E-state index contributed by atoms with van der Waals surface area (Å²) in [6.07, 6.45) is -1.28. The smallest absolute Gasteiger partial charge is 0.336 e. The van der Waals surface area contributed by atoms with Crippen LogP contribution in [-0.4, -0.2) is 39.7 Å². The summed E-state index contributed by atoms with van der Waals surface area (Å²) in [6, 6.07) is 1.28. The molecule has 24 heavy (non-hydrogen) atoms. The molecule has 2 aliphatic carbocycles. The Labute approximate surface area is 135 Å². The van der Waals surface area contributed by atoms with Gasteiger partial charge >= 0.3 is 6.18 Å². The lowest BCUT2D eigenvalue weighted by atomic mass is 10.1. The second-order valence-electron chi connectivity index (χ2n) is 6.60. The number of fused-ring (bicyclic) bond motifs is 1. The lowest BCUT2D eigenvalue weighted by Gasteiger charge is -2.24. The number of halogens is 3. The van der Waals surface area contributed by atoms with Crippen LogP contribution in [0, 0.1) is 6.92 Å². The van der Waals surface area contributed by atoms with E-state index in [1.165, 1.54) is 0 Å². The molecule has 0 spiro atoms. The lowest BCUT2D eigenvalue weighted by Crippen LogP contribution is -2.40. The number of amides is 1. The zero-order chi connectivity index (χ0) is 17.1. The Kier molecular flexibility index (Phi) is 3.33. The summed E-state index contributed by atoms with van der Waals surface area (Å²) in [5.41, 5.74) is 1.61. The molecular weight excluding hydrogens is 323 g/mol. The Morgan fingerprint density at radius 2 is 2.04 bits per heavy atom. The second-order valence-corrected chi connectivity index (χ2v) is 6.60. The first kappa shape index (κ1) is 15.4. The van der Waals surface area contributed by atoms with Crippen LogP contribution in [0.15, 0.2) is 10.6 Å². The lowest BCUT2D eigenvalue weighted by molar-refractivity contribution is -0.141. The summed E-state index contributed by atoms with van der Waals surface area (Å²) in [7, 11) is 0. The van der Waals surface area contributed by atoms with Crippen LogP contribution < -0.4 is 0 Å². The molecule has 2 aliphatic rings. The number of carbonyl (C=O) groups is 1. The zero-order valence-electron chi connectivity index (χ0n) is 13.1. The van der Waals surface area contributed by atoms with Crippen molar-refractivity contribution in [3.05, 3.63) is 23.0 Å². The summed E-state index contributed by atoms with van der Waals surface area (Å²) >= 11 is 0. The highest BCUT2D eigenvalue weighted by atomic mass is 19.4. The number of rotatable bonds is 4. The number of aromatic nitrogens is 2. The van der Waals surface area contributed by atoms with Crippen molar-refractivity contribution in [3.8, 4) is 0 Å². The largest absolute Gasteiger partial charge is 0.406 e. The summed E-state index contributed by atoms with van der Waals surface area (Å²) < 4.78 is 43.8. The van der Waals surface area contributed by atoms with Crippen LogP contribution in [0.25, 0.3) is 11.1 Å².